The zero-order valence-corrected chi connectivity index (χ0v) is 14.2. The summed E-state index contributed by atoms with van der Waals surface area (Å²) in [5, 5.41) is 5.19. The van der Waals surface area contributed by atoms with Crippen LogP contribution in [0.5, 0.6) is 0 Å². The molecule has 1 heterocycles. The Hall–Kier alpha value is -1.92. The van der Waals surface area contributed by atoms with Crippen LogP contribution in [0.25, 0.3) is 0 Å². The number of imide groups is 1. The first-order valence-electron chi connectivity index (χ1n) is 8.57. The number of hydrogen-bond acceptors (Lipinski definition) is 4. The number of benzene rings is 1. The number of rotatable bonds is 4. The Kier molecular flexibility index (Phi) is 5.16. The summed E-state index contributed by atoms with van der Waals surface area (Å²) >= 11 is 0. The third-order valence-electron chi connectivity index (χ3n) is 4.66. The summed E-state index contributed by atoms with van der Waals surface area (Å²) in [6.07, 6.45) is 1.92. The van der Waals surface area contributed by atoms with Crippen LogP contribution in [0.15, 0.2) is 30.3 Å². The lowest BCUT2D eigenvalue weighted by atomic mass is 9.98. The van der Waals surface area contributed by atoms with Crippen LogP contribution in [0.3, 0.4) is 0 Å². The van der Waals surface area contributed by atoms with E-state index in [2.05, 4.69) is 22.5 Å². The number of carbonyl (C=O) groups is 2. The fourth-order valence-electron chi connectivity index (χ4n) is 3.15. The largest absolute Gasteiger partial charge is 0.370 e. The molecule has 2 aliphatic rings. The fourth-order valence-corrected chi connectivity index (χ4v) is 3.15. The SMILES string of the molecule is CC1COC(c2ccccc2)C(C)N1CC(=O)NC(=O)NC1CC1. The van der Waals surface area contributed by atoms with Gasteiger partial charge in [-0.15, -0.1) is 0 Å². The molecule has 6 nitrogen and oxygen atoms in total. The molecule has 6 heteroatoms. The van der Waals surface area contributed by atoms with E-state index in [1.165, 1.54) is 0 Å². The molecule has 3 rings (SSSR count). The lowest BCUT2D eigenvalue weighted by Gasteiger charge is -2.43. The van der Waals surface area contributed by atoms with Gasteiger partial charge in [-0.3, -0.25) is 15.0 Å². The molecular formula is C18H25N3O3. The molecule has 0 bridgehead atoms. The van der Waals surface area contributed by atoms with Crippen LogP contribution in [0.2, 0.25) is 0 Å². The Morgan fingerprint density at radius 3 is 2.58 bits per heavy atom. The molecular weight excluding hydrogens is 306 g/mol. The smallest absolute Gasteiger partial charge is 0.321 e. The summed E-state index contributed by atoms with van der Waals surface area (Å²) < 4.78 is 5.99. The van der Waals surface area contributed by atoms with Gasteiger partial charge in [-0.05, 0) is 32.3 Å². The standard InChI is InChI=1S/C18H25N3O3/c1-12-11-24-17(14-6-4-3-5-7-14)13(2)21(12)10-16(22)20-18(23)19-15-8-9-15/h3-7,12-13,15,17H,8-11H2,1-2H3,(H2,19,20,22,23). The van der Waals surface area contributed by atoms with Crippen molar-refractivity contribution in [3.8, 4) is 0 Å². The number of ether oxygens (including phenoxy) is 1. The van der Waals surface area contributed by atoms with Crippen LogP contribution in [0.1, 0.15) is 38.4 Å². The average molecular weight is 331 g/mol. The first kappa shape index (κ1) is 16.9. The van der Waals surface area contributed by atoms with Gasteiger partial charge in [0.25, 0.3) is 0 Å². The van der Waals surface area contributed by atoms with E-state index in [9.17, 15) is 9.59 Å². The molecule has 24 heavy (non-hydrogen) atoms. The zero-order valence-electron chi connectivity index (χ0n) is 14.2. The second-order valence-electron chi connectivity index (χ2n) is 6.72. The Balaban J connectivity index is 1.60. The summed E-state index contributed by atoms with van der Waals surface area (Å²) in [4.78, 5) is 26.0. The molecule has 130 valence electrons. The second kappa shape index (κ2) is 7.32. The van der Waals surface area contributed by atoms with E-state index in [4.69, 9.17) is 4.74 Å². The molecule has 1 saturated heterocycles. The predicted molar refractivity (Wildman–Crippen MR) is 90.5 cm³/mol. The van der Waals surface area contributed by atoms with Crippen LogP contribution < -0.4 is 10.6 Å². The van der Waals surface area contributed by atoms with Gasteiger partial charge in [-0.25, -0.2) is 4.79 Å². The van der Waals surface area contributed by atoms with E-state index in [1.807, 2.05) is 37.3 Å². The lowest BCUT2D eigenvalue weighted by molar-refractivity contribution is -0.130. The molecule has 3 amide bonds. The monoisotopic (exact) mass is 331 g/mol. The van der Waals surface area contributed by atoms with Gasteiger partial charge in [0.2, 0.25) is 5.91 Å². The number of morpholine rings is 1. The zero-order chi connectivity index (χ0) is 17.1. The van der Waals surface area contributed by atoms with Crippen molar-refractivity contribution in [3.63, 3.8) is 0 Å². The maximum absolute atomic E-state index is 12.2. The second-order valence-corrected chi connectivity index (χ2v) is 6.72. The van der Waals surface area contributed by atoms with Crippen molar-refractivity contribution in [1.82, 2.24) is 15.5 Å². The number of carbonyl (C=O) groups excluding carboxylic acids is 2. The summed E-state index contributed by atoms with van der Waals surface area (Å²) in [7, 11) is 0. The number of nitrogens with one attached hydrogen (secondary N) is 2. The van der Waals surface area contributed by atoms with E-state index in [0.29, 0.717) is 6.61 Å². The molecule has 2 N–H and O–H groups in total. The van der Waals surface area contributed by atoms with Crippen molar-refractivity contribution in [2.45, 2.75) is 50.9 Å². The van der Waals surface area contributed by atoms with Gasteiger partial charge in [0.1, 0.15) is 0 Å². The van der Waals surface area contributed by atoms with Crippen LogP contribution >= 0.6 is 0 Å². The van der Waals surface area contributed by atoms with Crippen LogP contribution in [-0.2, 0) is 9.53 Å². The maximum atomic E-state index is 12.2. The molecule has 3 atom stereocenters. The van der Waals surface area contributed by atoms with Crippen LogP contribution in [0.4, 0.5) is 4.79 Å². The van der Waals surface area contributed by atoms with Crippen molar-refractivity contribution in [3.05, 3.63) is 35.9 Å². The van der Waals surface area contributed by atoms with E-state index in [1.54, 1.807) is 0 Å². The third kappa shape index (κ3) is 4.13. The van der Waals surface area contributed by atoms with Gasteiger partial charge >= 0.3 is 6.03 Å². The molecule has 1 aromatic carbocycles. The first-order chi connectivity index (χ1) is 11.5. The Morgan fingerprint density at radius 1 is 1.21 bits per heavy atom. The van der Waals surface area contributed by atoms with Crippen LogP contribution in [-0.4, -0.2) is 48.1 Å². The first-order valence-corrected chi connectivity index (χ1v) is 8.57. The summed E-state index contributed by atoms with van der Waals surface area (Å²) in [6.45, 7) is 4.85. The fraction of sp³-hybridized carbons (Fsp3) is 0.556. The van der Waals surface area contributed by atoms with Crippen molar-refractivity contribution >= 4 is 11.9 Å². The van der Waals surface area contributed by atoms with Gasteiger partial charge in [0, 0.05) is 18.1 Å². The van der Waals surface area contributed by atoms with E-state index >= 15 is 0 Å². The van der Waals surface area contributed by atoms with Crippen molar-refractivity contribution in [1.29, 1.82) is 0 Å². The molecule has 1 saturated carbocycles. The molecule has 3 unspecified atom stereocenters. The van der Waals surface area contributed by atoms with Gasteiger partial charge in [0.15, 0.2) is 0 Å². The molecule has 0 aromatic heterocycles. The van der Waals surface area contributed by atoms with Gasteiger partial charge in [0.05, 0.1) is 19.3 Å². The topological polar surface area (TPSA) is 70.7 Å². The molecule has 0 spiro atoms. The highest BCUT2D eigenvalue weighted by atomic mass is 16.5. The Morgan fingerprint density at radius 2 is 1.92 bits per heavy atom. The van der Waals surface area contributed by atoms with E-state index < -0.39 is 6.03 Å². The van der Waals surface area contributed by atoms with E-state index in [0.717, 1.165) is 18.4 Å². The van der Waals surface area contributed by atoms with Crippen molar-refractivity contribution in [2.75, 3.05) is 13.2 Å². The average Bonchev–Trinajstić information content (AvgIpc) is 3.36. The molecule has 1 aliphatic heterocycles. The summed E-state index contributed by atoms with van der Waals surface area (Å²) in [6, 6.07) is 10.0. The quantitative estimate of drug-likeness (QED) is 0.883. The minimum absolute atomic E-state index is 0.0494. The molecule has 0 radical (unpaired) electrons. The third-order valence-corrected chi connectivity index (χ3v) is 4.66. The molecule has 1 aromatic rings. The predicted octanol–water partition coefficient (Wildman–Crippen LogP) is 1.83. The van der Waals surface area contributed by atoms with Crippen molar-refractivity contribution < 1.29 is 14.3 Å². The highest BCUT2D eigenvalue weighted by molar-refractivity contribution is 5.95. The van der Waals surface area contributed by atoms with Crippen LogP contribution in [0, 0.1) is 0 Å². The Bertz CT molecular complexity index is 588. The Labute approximate surface area is 142 Å². The molecule has 1 aliphatic carbocycles. The van der Waals surface area contributed by atoms with Gasteiger partial charge < -0.3 is 10.1 Å². The normalized spacial score (nSPS) is 27.5. The number of hydrogen-bond donors (Lipinski definition) is 2. The number of nitrogens with zero attached hydrogens (tertiary/aromatic N) is 1. The number of urea groups is 1. The summed E-state index contributed by atoms with van der Waals surface area (Å²) in [5.74, 6) is -0.277. The maximum Gasteiger partial charge on any atom is 0.321 e. The number of amides is 3. The highest BCUT2D eigenvalue weighted by Crippen LogP contribution is 2.30. The minimum atomic E-state index is -0.393. The molecule has 2 fully saturated rings. The van der Waals surface area contributed by atoms with Gasteiger partial charge in [-0.2, -0.15) is 0 Å². The highest BCUT2D eigenvalue weighted by Gasteiger charge is 2.35. The van der Waals surface area contributed by atoms with E-state index in [-0.39, 0.29) is 36.7 Å². The van der Waals surface area contributed by atoms with Gasteiger partial charge in [-0.1, -0.05) is 30.3 Å². The minimum Gasteiger partial charge on any atom is -0.370 e. The van der Waals surface area contributed by atoms with Crippen molar-refractivity contribution in [2.24, 2.45) is 0 Å². The lowest BCUT2D eigenvalue weighted by Crippen LogP contribution is -2.55. The summed E-state index contributed by atoms with van der Waals surface area (Å²) in [5.41, 5.74) is 1.11.